The number of hydrogen-bond acceptors (Lipinski definition) is 4. The summed E-state index contributed by atoms with van der Waals surface area (Å²) in [5, 5.41) is 9.02. The Balaban J connectivity index is 2.15. The Morgan fingerprint density at radius 1 is 1.55 bits per heavy atom. The van der Waals surface area contributed by atoms with Crippen molar-refractivity contribution >= 4 is 27.3 Å². The summed E-state index contributed by atoms with van der Waals surface area (Å²) in [6.45, 7) is 1.67. The minimum atomic E-state index is 0.485. The number of aromatic nitrogens is 2. The summed E-state index contributed by atoms with van der Waals surface area (Å²) in [6.07, 6.45) is 1.08. The highest BCUT2D eigenvalue weighted by Crippen LogP contribution is 2.29. The molecule has 1 unspecified atom stereocenters. The van der Waals surface area contributed by atoms with Crippen LogP contribution in [-0.2, 0) is 4.74 Å². The molecule has 2 rings (SSSR count). The average Bonchev–Trinajstić information content (AvgIpc) is 2.55. The molecule has 1 atom stereocenters. The van der Waals surface area contributed by atoms with Gasteiger partial charge in [-0.1, -0.05) is 11.3 Å². The molecule has 5 heteroatoms. The molecule has 0 radical (unpaired) electrons. The molecule has 1 aliphatic heterocycles. The minimum absolute atomic E-state index is 0.485. The van der Waals surface area contributed by atoms with Gasteiger partial charge in [-0.05, 0) is 22.4 Å². The number of nitrogens with zero attached hydrogens (tertiary/aromatic N) is 2. The molecule has 0 spiro atoms. The Morgan fingerprint density at radius 3 is 3.00 bits per heavy atom. The summed E-state index contributed by atoms with van der Waals surface area (Å²) in [6, 6.07) is 0. The first-order valence-electron chi connectivity index (χ1n) is 3.43. The highest BCUT2D eigenvalue weighted by atomic mass is 79.9. The fraction of sp³-hybridized carbons (Fsp3) is 0.667. The van der Waals surface area contributed by atoms with Crippen molar-refractivity contribution in [3.8, 4) is 0 Å². The first-order chi connectivity index (χ1) is 5.36. The number of halogens is 1. The predicted molar refractivity (Wildman–Crippen MR) is 45.8 cm³/mol. The molecule has 1 aromatic heterocycles. The lowest BCUT2D eigenvalue weighted by Crippen LogP contribution is -1.95. The minimum Gasteiger partial charge on any atom is -0.381 e. The van der Waals surface area contributed by atoms with Crippen LogP contribution in [0.4, 0.5) is 0 Å². The van der Waals surface area contributed by atoms with E-state index in [2.05, 4.69) is 26.1 Å². The Labute approximate surface area is 76.9 Å². The van der Waals surface area contributed by atoms with E-state index in [1.165, 1.54) is 0 Å². The second-order valence-corrected chi connectivity index (χ2v) is 4.74. The highest BCUT2D eigenvalue weighted by Gasteiger charge is 2.21. The number of ether oxygens (including phenoxy) is 1. The van der Waals surface area contributed by atoms with Gasteiger partial charge >= 0.3 is 0 Å². The summed E-state index contributed by atoms with van der Waals surface area (Å²) in [5.41, 5.74) is 0. The van der Waals surface area contributed by atoms with Gasteiger partial charge in [-0.2, -0.15) is 0 Å². The topological polar surface area (TPSA) is 35.0 Å². The monoisotopic (exact) mass is 234 g/mol. The van der Waals surface area contributed by atoms with E-state index in [1.54, 1.807) is 11.3 Å². The van der Waals surface area contributed by atoms with Crippen molar-refractivity contribution in [2.45, 2.75) is 12.3 Å². The largest absolute Gasteiger partial charge is 0.381 e. The van der Waals surface area contributed by atoms with Gasteiger partial charge in [-0.25, -0.2) is 0 Å². The van der Waals surface area contributed by atoms with Crippen LogP contribution in [0.15, 0.2) is 3.92 Å². The Kier molecular flexibility index (Phi) is 2.20. The molecular formula is C6H7BrN2OS. The zero-order valence-electron chi connectivity index (χ0n) is 5.79. The van der Waals surface area contributed by atoms with Crippen molar-refractivity contribution in [1.29, 1.82) is 0 Å². The van der Waals surface area contributed by atoms with Gasteiger partial charge in [-0.15, -0.1) is 10.2 Å². The van der Waals surface area contributed by atoms with Gasteiger partial charge in [0.15, 0.2) is 3.92 Å². The van der Waals surface area contributed by atoms with Gasteiger partial charge in [0.1, 0.15) is 5.01 Å². The van der Waals surface area contributed by atoms with Crippen molar-refractivity contribution in [3.63, 3.8) is 0 Å². The van der Waals surface area contributed by atoms with Crippen LogP contribution in [0, 0.1) is 0 Å². The van der Waals surface area contributed by atoms with Crippen molar-refractivity contribution in [1.82, 2.24) is 10.2 Å². The fourth-order valence-electron chi connectivity index (χ4n) is 1.11. The summed E-state index contributed by atoms with van der Waals surface area (Å²) in [7, 11) is 0. The SMILES string of the molecule is Brc1nnc(C2CCOC2)s1. The van der Waals surface area contributed by atoms with Crippen molar-refractivity contribution < 1.29 is 4.74 Å². The summed E-state index contributed by atoms with van der Waals surface area (Å²) in [4.78, 5) is 0. The van der Waals surface area contributed by atoms with Gasteiger partial charge in [-0.3, -0.25) is 0 Å². The van der Waals surface area contributed by atoms with Gasteiger partial charge in [0.05, 0.1) is 6.61 Å². The molecular weight excluding hydrogens is 228 g/mol. The molecule has 2 heterocycles. The fourth-order valence-corrected chi connectivity index (χ4v) is 2.38. The zero-order chi connectivity index (χ0) is 7.68. The first-order valence-corrected chi connectivity index (χ1v) is 5.04. The lowest BCUT2D eigenvalue weighted by molar-refractivity contribution is 0.194. The smallest absolute Gasteiger partial charge is 0.183 e. The Hall–Kier alpha value is -0.0000000000000000555. The molecule has 0 aliphatic carbocycles. The van der Waals surface area contributed by atoms with E-state index >= 15 is 0 Å². The highest BCUT2D eigenvalue weighted by molar-refractivity contribution is 9.11. The summed E-state index contributed by atoms with van der Waals surface area (Å²) >= 11 is 4.88. The zero-order valence-corrected chi connectivity index (χ0v) is 8.19. The van der Waals surface area contributed by atoms with Gasteiger partial charge in [0.25, 0.3) is 0 Å². The molecule has 0 amide bonds. The van der Waals surface area contributed by atoms with Crippen molar-refractivity contribution in [2.24, 2.45) is 0 Å². The summed E-state index contributed by atoms with van der Waals surface area (Å²) in [5.74, 6) is 0.485. The van der Waals surface area contributed by atoms with E-state index in [-0.39, 0.29) is 0 Å². The molecule has 11 heavy (non-hydrogen) atoms. The number of rotatable bonds is 1. The molecule has 3 nitrogen and oxygen atoms in total. The van der Waals surface area contributed by atoms with Crippen LogP contribution < -0.4 is 0 Å². The maximum Gasteiger partial charge on any atom is 0.183 e. The van der Waals surface area contributed by atoms with Gasteiger partial charge in [0, 0.05) is 12.5 Å². The van der Waals surface area contributed by atoms with Crippen LogP contribution in [0.25, 0.3) is 0 Å². The van der Waals surface area contributed by atoms with Crippen LogP contribution in [0.3, 0.4) is 0 Å². The molecule has 1 aromatic rings. The van der Waals surface area contributed by atoms with Gasteiger partial charge < -0.3 is 4.74 Å². The third-order valence-corrected chi connectivity index (χ3v) is 3.21. The van der Waals surface area contributed by atoms with Crippen LogP contribution in [-0.4, -0.2) is 23.4 Å². The molecule has 60 valence electrons. The molecule has 0 bridgehead atoms. The van der Waals surface area contributed by atoms with Crippen LogP contribution >= 0.6 is 27.3 Å². The molecule has 0 N–H and O–H groups in total. The van der Waals surface area contributed by atoms with E-state index < -0.39 is 0 Å². The molecule has 1 saturated heterocycles. The average molecular weight is 235 g/mol. The Bertz CT molecular complexity index is 246. The lowest BCUT2D eigenvalue weighted by atomic mass is 10.1. The van der Waals surface area contributed by atoms with E-state index in [0.29, 0.717) is 5.92 Å². The maximum absolute atomic E-state index is 5.24. The second-order valence-electron chi connectivity index (χ2n) is 2.45. The molecule has 0 aromatic carbocycles. The quantitative estimate of drug-likeness (QED) is 0.744. The van der Waals surface area contributed by atoms with Crippen LogP contribution in [0.5, 0.6) is 0 Å². The van der Waals surface area contributed by atoms with E-state index in [0.717, 1.165) is 28.6 Å². The lowest BCUT2D eigenvalue weighted by Gasteiger charge is -1.98. The standard InChI is InChI=1S/C6H7BrN2OS/c7-6-9-8-5(11-6)4-1-2-10-3-4/h4H,1-3H2. The van der Waals surface area contributed by atoms with Crippen molar-refractivity contribution in [2.75, 3.05) is 13.2 Å². The molecule has 1 fully saturated rings. The van der Waals surface area contributed by atoms with Crippen molar-refractivity contribution in [3.05, 3.63) is 8.92 Å². The van der Waals surface area contributed by atoms with Crippen LogP contribution in [0.2, 0.25) is 0 Å². The maximum atomic E-state index is 5.24. The normalized spacial score (nSPS) is 24.3. The van der Waals surface area contributed by atoms with Crippen LogP contribution in [0.1, 0.15) is 17.3 Å². The Morgan fingerprint density at radius 2 is 2.45 bits per heavy atom. The van der Waals surface area contributed by atoms with E-state index in [4.69, 9.17) is 4.74 Å². The summed E-state index contributed by atoms with van der Waals surface area (Å²) < 4.78 is 6.10. The van der Waals surface area contributed by atoms with Gasteiger partial charge in [0.2, 0.25) is 0 Å². The second kappa shape index (κ2) is 3.16. The molecule has 1 aliphatic rings. The molecule has 0 saturated carbocycles. The van der Waals surface area contributed by atoms with E-state index in [9.17, 15) is 0 Å². The van der Waals surface area contributed by atoms with E-state index in [1.807, 2.05) is 0 Å². The number of hydrogen-bond donors (Lipinski definition) is 0. The predicted octanol–water partition coefficient (Wildman–Crippen LogP) is 1.80. The third-order valence-electron chi connectivity index (χ3n) is 1.69. The third kappa shape index (κ3) is 1.60. The first kappa shape index (κ1) is 7.64.